The Morgan fingerprint density at radius 3 is 2.75 bits per heavy atom. The van der Waals surface area contributed by atoms with Crippen LogP contribution >= 0.6 is 0 Å². The number of pyridine rings is 1. The van der Waals surface area contributed by atoms with Crippen molar-refractivity contribution in [2.45, 2.75) is 77.9 Å². The summed E-state index contributed by atoms with van der Waals surface area (Å²) >= 11 is 0. The maximum Gasteiger partial charge on any atom is 0.0811 e. The number of aromatic nitrogens is 1. The van der Waals surface area contributed by atoms with E-state index in [2.05, 4.69) is 37.0 Å². The van der Waals surface area contributed by atoms with Gasteiger partial charge in [-0.3, -0.25) is 9.98 Å². The zero-order chi connectivity index (χ0) is 19.4. The van der Waals surface area contributed by atoms with Crippen LogP contribution in [0.25, 0.3) is 0 Å². The molecule has 1 N–H and O–H groups in total. The van der Waals surface area contributed by atoms with E-state index in [1.54, 1.807) is 5.57 Å². The van der Waals surface area contributed by atoms with Crippen molar-refractivity contribution in [1.29, 1.82) is 0 Å². The van der Waals surface area contributed by atoms with Crippen LogP contribution in [-0.2, 0) is 6.54 Å². The monoisotopic (exact) mass is 378 g/mol. The molecule has 1 aromatic heterocycles. The molecule has 28 heavy (non-hydrogen) atoms. The summed E-state index contributed by atoms with van der Waals surface area (Å²) in [6, 6.07) is 6.11. The van der Waals surface area contributed by atoms with Gasteiger partial charge in [0.25, 0.3) is 0 Å². The first-order valence-electron chi connectivity index (χ1n) is 11.3. The summed E-state index contributed by atoms with van der Waals surface area (Å²) in [5, 5.41) is 10.2. The molecule has 0 amide bonds. The summed E-state index contributed by atoms with van der Waals surface area (Å²) in [5.41, 5.74) is 4.72. The highest BCUT2D eigenvalue weighted by Crippen LogP contribution is 2.64. The van der Waals surface area contributed by atoms with Crippen molar-refractivity contribution in [3.8, 4) is 0 Å². The minimum Gasteiger partial charge on any atom is -0.393 e. The Labute approximate surface area is 169 Å². The van der Waals surface area contributed by atoms with Gasteiger partial charge in [0.05, 0.1) is 18.3 Å². The number of aliphatic hydroxyl groups is 1. The molecule has 0 bridgehead atoms. The van der Waals surface area contributed by atoms with Crippen LogP contribution in [-0.4, -0.2) is 21.9 Å². The summed E-state index contributed by atoms with van der Waals surface area (Å²) in [4.78, 5) is 9.56. The molecule has 150 valence electrons. The molecule has 4 aliphatic carbocycles. The molecular weight excluding hydrogens is 344 g/mol. The minimum absolute atomic E-state index is 0.110. The zero-order valence-electron chi connectivity index (χ0n) is 17.4. The predicted octanol–water partition coefficient (Wildman–Crippen LogP) is 5.35. The molecule has 0 spiro atoms. The largest absolute Gasteiger partial charge is 0.393 e. The van der Waals surface area contributed by atoms with Crippen molar-refractivity contribution < 1.29 is 5.11 Å². The van der Waals surface area contributed by atoms with Crippen molar-refractivity contribution in [2.24, 2.45) is 33.6 Å². The van der Waals surface area contributed by atoms with Gasteiger partial charge in [0, 0.05) is 17.3 Å². The minimum atomic E-state index is -0.110. The van der Waals surface area contributed by atoms with E-state index in [1.165, 1.54) is 44.2 Å². The average Bonchev–Trinajstić information content (AvgIpc) is 3.04. The number of hydrogen-bond acceptors (Lipinski definition) is 3. The van der Waals surface area contributed by atoms with E-state index in [9.17, 15) is 5.11 Å². The van der Waals surface area contributed by atoms with Gasteiger partial charge in [-0.1, -0.05) is 31.6 Å². The Hall–Kier alpha value is -1.48. The Morgan fingerprint density at radius 2 is 1.93 bits per heavy atom. The molecule has 5 rings (SSSR count). The molecule has 1 aromatic rings. The molecule has 3 nitrogen and oxygen atoms in total. The highest BCUT2D eigenvalue weighted by molar-refractivity contribution is 5.92. The zero-order valence-corrected chi connectivity index (χ0v) is 17.4. The first-order valence-corrected chi connectivity index (χ1v) is 11.3. The summed E-state index contributed by atoms with van der Waals surface area (Å²) < 4.78 is 0. The lowest BCUT2D eigenvalue weighted by molar-refractivity contribution is -0.0209. The SMILES string of the molecule is CC12CCC(O)CC1=CCC1C2CCC2(C)/C(=N/Cc3ccccn3)CCC12. The van der Waals surface area contributed by atoms with E-state index in [1.807, 2.05) is 12.3 Å². The molecular formula is C25H34N2O. The highest BCUT2D eigenvalue weighted by Gasteiger charge is 2.57. The number of allylic oxidation sites excluding steroid dienone is 1. The molecule has 0 saturated heterocycles. The van der Waals surface area contributed by atoms with Gasteiger partial charge in [-0.2, -0.15) is 0 Å². The van der Waals surface area contributed by atoms with Gasteiger partial charge in [0.15, 0.2) is 0 Å². The lowest BCUT2D eigenvalue weighted by Gasteiger charge is -2.57. The molecule has 6 unspecified atom stereocenters. The number of aliphatic imine (C=N–C) groups is 1. The molecule has 3 fully saturated rings. The van der Waals surface area contributed by atoms with Crippen LogP contribution in [0.3, 0.4) is 0 Å². The van der Waals surface area contributed by atoms with Crippen molar-refractivity contribution in [3.63, 3.8) is 0 Å². The second-order valence-electron chi connectivity index (χ2n) is 10.2. The fourth-order valence-corrected chi connectivity index (χ4v) is 7.36. The first kappa shape index (κ1) is 18.5. The summed E-state index contributed by atoms with van der Waals surface area (Å²) in [7, 11) is 0. The van der Waals surface area contributed by atoms with Crippen molar-refractivity contribution in [3.05, 3.63) is 41.7 Å². The summed E-state index contributed by atoms with van der Waals surface area (Å²) in [5.74, 6) is 2.37. The average molecular weight is 379 g/mol. The van der Waals surface area contributed by atoms with E-state index in [0.29, 0.717) is 5.41 Å². The van der Waals surface area contributed by atoms with Gasteiger partial charge in [0.2, 0.25) is 0 Å². The fourth-order valence-electron chi connectivity index (χ4n) is 7.36. The standard InChI is InChI=1S/C25H34N2O/c1-24-12-10-19(28)15-17(24)6-7-20-21-8-9-23(25(21,2)13-11-22(20)24)27-16-18-5-3-4-14-26-18/h3-6,14,19-22,28H,7-13,15-16H2,1-2H3/b27-23+. The summed E-state index contributed by atoms with van der Waals surface area (Å²) in [6.45, 7) is 5.74. The van der Waals surface area contributed by atoms with Crippen LogP contribution < -0.4 is 0 Å². The van der Waals surface area contributed by atoms with Gasteiger partial charge >= 0.3 is 0 Å². The topological polar surface area (TPSA) is 45.5 Å². The second kappa shape index (κ2) is 6.79. The van der Waals surface area contributed by atoms with Crippen LogP contribution in [0.1, 0.15) is 70.9 Å². The molecule has 3 heteroatoms. The number of hydrogen-bond donors (Lipinski definition) is 1. The first-order chi connectivity index (χ1) is 13.5. The highest BCUT2D eigenvalue weighted by atomic mass is 16.3. The quantitative estimate of drug-likeness (QED) is 0.706. The third-order valence-corrected chi connectivity index (χ3v) is 8.98. The molecule has 0 radical (unpaired) electrons. The predicted molar refractivity (Wildman–Crippen MR) is 113 cm³/mol. The number of rotatable bonds is 2. The second-order valence-corrected chi connectivity index (χ2v) is 10.2. The van der Waals surface area contributed by atoms with Gasteiger partial charge in [-0.15, -0.1) is 0 Å². The van der Waals surface area contributed by atoms with E-state index in [-0.39, 0.29) is 11.5 Å². The normalized spacial score (nSPS) is 43.8. The molecule has 4 aliphatic rings. The molecule has 0 aromatic carbocycles. The molecule has 0 aliphatic heterocycles. The van der Waals surface area contributed by atoms with Crippen LogP contribution in [0.15, 0.2) is 41.0 Å². The van der Waals surface area contributed by atoms with Crippen molar-refractivity contribution in [1.82, 2.24) is 4.98 Å². The van der Waals surface area contributed by atoms with Crippen molar-refractivity contribution >= 4 is 5.71 Å². The van der Waals surface area contributed by atoms with Gasteiger partial charge in [-0.05, 0) is 86.7 Å². The Bertz CT molecular complexity index is 800. The van der Waals surface area contributed by atoms with E-state index >= 15 is 0 Å². The van der Waals surface area contributed by atoms with Gasteiger partial charge < -0.3 is 5.11 Å². The Morgan fingerprint density at radius 1 is 1.11 bits per heavy atom. The van der Waals surface area contributed by atoms with Gasteiger partial charge in [-0.25, -0.2) is 0 Å². The Balaban J connectivity index is 1.39. The number of fused-ring (bicyclic) bond motifs is 5. The van der Waals surface area contributed by atoms with Crippen LogP contribution in [0, 0.1) is 28.6 Å². The molecule has 1 heterocycles. The summed E-state index contributed by atoms with van der Waals surface area (Å²) in [6.07, 6.45) is 13.7. The van der Waals surface area contributed by atoms with Crippen LogP contribution in [0.4, 0.5) is 0 Å². The third kappa shape index (κ3) is 2.81. The third-order valence-electron chi connectivity index (χ3n) is 8.98. The van der Waals surface area contributed by atoms with Gasteiger partial charge in [0.1, 0.15) is 0 Å². The van der Waals surface area contributed by atoms with E-state index in [0.717, 1.165) is 42.8 Å². The van der Waals surface area contributed by atoms with E-state index in [4.69, 9.17) is 4.99 Å². The van der Waals surface area contributed by atoms with Crippen LogP contribution in [0.5, 0.6) is 0 Å². The number of nitrogens with zero attached hydrogens (tertiary/aromatic N) is 2. The van der Waals surface area contributed by atoms with Crippen LogP contribution in [0.2, 0.25) is 0 Å². The maximum atomic E-state index is 10.2. The lowest BCUT2D eigenvalue weighted by Crippen LogP contribution is -2.50. The van der Waals surface area contributed by atoms with E-state index < -0.39 is 0 Å². The Kier molecular flexibility index (Phi) is 4.50. The molecule has 3 saturated carbocycles. The fraction of sp³-hybridized carbons (Fsp3) is 0.680. The smallest absolute Gasteiger partial charge is 0.0811 e. The number of aliphatic hydroxyl groups excluding tert-OH is 1. The molecule has 6 atom stereocenters. The van der Waals surface area contributed by atoms with Crippen molar-refractivity contribution in [2.75, 3.05) is 0 Å². The lowest BCUT2D eigenvalue weighted by atomic mass is 9.48. The maximum absolute atomic E-state index is 10.2.